The third-order valence-electron chi connectivity index (χ3n) is 5.51. The van der Waals surface area contributed by atoms with Crippen LogP contribution in [0.25, 0.3) is 6.08 Å². The zero-order chi connectivity index (χ0) is 22.4. The average molecular weight is 488 g/mol. The highest BCUT2D eigenvalue weighted by molar-refractivity contribution is 9.10. The first kappa shape index (κ1) is 23.2. The quantitative estimate of drug-likeness (QED) is 0.595. The van der Waals surface area contributed by atoms with Crippen molar-refractivity contribution in [2.24, 2.45) is 4.99 Å². The minimum atomic E-state index is -0.105. The van der Waals surface area contributed by atoms with E-state index in [1.807, 2.05) is 26.0 Å². The van der Waals surface area contributed by atoms with Gasteiger partial charge in [-0.1, -0.05) is 15.9 Å². The van der Waals surface area contributed by atoms with Gasteiger partial charge < -0.3 is 20.3 Å². The van der Waals surface area contributed by atoms with Crippen LogP contribution in [0.3, 0.4) is 0 Å². The lowest BCUT2D eigenvalue weighted by atomic mass is 10.0. The van der Waals surface area contributed by atoms with Crippen LogP contribution in [-0.4, -0.2) is 77.8 Å². The molecule has 1 aromatic heterocycles. The van der Waals surface area contributed by atoms with Gasteiger partial charge in [-0.2, -0.15) is 0 Å². The lowest BCUT2D eigenvalue weighted by Gasteiger charge is -2.32. The fourth-order valence-electron chi connectivity index (χ4n) is 3.60. The van der Waals surface area contributed by atoms with E-state index < -0.39 is 0 Å². The van der Waals surface area contributed by atoms with Gasteiger partial charge in [0.05, 0.1) is 17.0 Å². The molecule has 3 rings (SSSR count). The molecular formula is C23H30BrN5O2. The number of allylic oxidation sites excluding steroid dienone is 1. The summed E-state index contributed by atoms with van der Waals surface area (Å²) < 4.78 is 0.870. The summed E-state index contributed by atoms with van der Waals surface area (Å²) in [7, 11) is 2.13. The Bertz CT molecular complexity index is 970. The molecule has 0 atom stereocenters. The van der Waals surface area contributed by atoms with Crippen molar-refractivity contribution in [2.45, 2.75) is 13.8 Å². The van der Waals surface area contributed by atoms with E-state index in [2.05, 4.69) is 48.1 Å². The summed E-state index contributed by atoms with van der Waals surface area (Å²) >= 11 is 3.45. The summed E-state index contributed by atoms with van der Waals surface area (Å²) in [5.74, 6) is -0.0902. The number of hydrogen-bond donors (Lipinski definition) is 3. The maximum absolute atomic E-state index is 12.8. The fourth-order valence-corrected chi connectivity index (χ4v) is 3.89. The van der Waals surface area contributed by atoms with Gasteiger partial charge in [-0.15, -0.1) is 0 Å². The van der Waals surface area contributed by atoms with Gasteiger partial charge in [-0.3, -0.25) is 14.7 Å². The summed E-state index contributed by atoms with van der Waals surface area (Å²) in [5, 5.41) is 13.4. The zero-order valence-corrected chi connectivity index (χ0v) is 19.9. The largest absolute Gasteiger partial charge is 0.494 e. The number of carbonyl (C=O) groups is 1. The van der Waals surface area contributed by atoms with E-state index in [9.17, 15) is 9.90 Å². The minimum Gasteiger partial charge on any atom is -0.494 e. The van der Waals surface area contributed by atoms with E-state index in [1.54, 1.807) is 24.4 Å². The highest BCUT2D eigenvalue weighted by atomic mass is 79.9. The topological polar surface area (TPSA) is 84.0 Å². The molecule has 1 fully saturated rings. The highest BCUT2D eigenvalue weighted by Crippen LogP contribution is 2.28. The lowest BCUT2D eigenvalue weighted by molar-refractivity contribution is -0.117. The Morgan fingerprint density at radius 3 is 2.74 bits per heavy atom. The number of amides is 1. The van der Waals surface area contributed by atoms with Gasteiger partial charge in [0.15, 0.2) is 5.88 Å². The second kappa shape index (κ2) is 10.7. The van der Waals surface area contributed by atoms with E-state index in [4.69, 9.17) is 0 Å². The summed E-state index contributed by atoms with van der Waals surface area (Å²) in [6.07, 6.45) is 3.43. The van der Waals surface area contributed by atoms with Crippen LogP contribution in [0.4, 0.5) is 0 Å². The third-order valence-corrected chi connectivity index (χ3v) is 6.03. The summed E-state index contributed by atoms with van der Waals surface area (Å²) in [6, 6.07) is 7.28. The molecule has 0 saturated carbocycles. The molecule has 7 nitrogen and oxygen atoms in total. The number of aromatic nitrogens is 1. The number of piperazine rings is 1. The Morgan fingerprint density at radius 2 is 2.00 bits per heavy atom. The van der Waals surface area contributed by atoms with Gasteiger partial charge in [0.25, 0.3) is 5.91 Å². The maximum atomic E-state index is 12.8. The van der Waals surface area contributed by atoms with Crippen LogP contribution in [-0.2, 0) is 4.79 Å². The first-order chi connectivity index (χ1) is 14.8. The summed E-state index contributed by atoms with van der Waals surface area (Å²) in [4.78, 5) is 24.9. The van der Waals surface area contributed by atoms with E-state index in [1.165, 1.54) is 0 Å². The Kier molecular flexibility index (Phi) is 8.06. The standard InChI is InChI=1S/C23H30BrN5O2/c1-16-20(15-18-6-7-19(24)5-4-8-25-22(18)30)27-17(2)21(16)23(31)26-9-10-29-13-11-28(3)12-14-29/h4-8,15,25,30H,9-14H2,1-3H3,(H,26,31)/b7-6?,8-4?,19-5?,20-15-,22-18?. The van der Waals surface area contributed by atoms with Crippen LogP contribution in [0.1, 0.15) is 19.4 Å². The monoisotopic (exact) mass is 487 g/mol. The molecular weight excluding hydrogens is 458 g/mol. The van der Waals surface area contributed by atoms with Crippen molar-refractivity contribution < 1.29 is 9.90 Å². The number of aliphatic imine (C=N–C) groups is 1. The predicted octanol–water partition coefficient (Wildman–Crippen LogP) is 3.10. The van der Waals surface area contributed by atoms with E-state index >= 15 is 0 Å². The molecule has 3 heterocycles. The van der Waals surface area contributed by atoms with Gasteiger partial charge >= 0.3 is 0 Å². The minimum absolute atomic E-state index is 0.0151. The molecule has 0 unspecified atom stereocenters. The fraction of sp³-hybridized carbons (Fsp3) is 0.391. The number of H-pyrrole nitrogens is 1. The van der Waals surface area contributed by atoms with Crippen molar-refractivity contribution >= 4 is 33.6 Å². The molecule has 0 spiro atoms. The van der Waals surface area contributed by atoms with Crippen LogP contribution >= 0.6 is 15.9 Å². The maximum Gasteiger partial charge on any atom is 0.253 e. The van der Waals surface area contributed by atoms with Crippen molar-refractivity contribution in [2.75, 3.05) is 46.3 Å². The van der Waals surface area contributed by atoms with Gasteiger partial charge in [0, 0.05) is 55.5 Å². The molecule has 31 heavy (non-hydrogen) atoms. The zero-order valence-electron chi connectivity index (χ0n) is 18.3. The predicted molar refractivity (Wildman–Crippen MR) is 129 cm³/mol. The van der Waals surface area contributed by atoms with Gasteiger partial charge in [0.1, 0.15) is 0 Å². The second-order valence-electron chi connectivity index (χ2n) is 7.82. The average Bonchev–Trinajstić information content (AvgIpc) is 3.05. The van der Waals surface area contributed by atoms with Crippen molar-refractivity contribution in [1.82, 2.24) is 20.1 Å². The van der Waals surface area contributed by atoms with Gasteiger partial charge in [-0.05, 0) is 56.8 Å². The third kappa shape index (κ3) is 6.29. The van der Waals surface area contributed by atoms with Crippen LogP contribution in [0.2, 0.25) is 0 Å². The summed E-state index contributed by atoms with van der Waals surface area (Å²) in [6.45, 7) is 9.37. The van der Waals surface area contributed by atoms with Crippen LogP contribution in [0.15, 0.2) is 56.8 Å². The van der Waals surface area contributed by atoms with Gasteiger partial charge in [0.2, 0.25) is 0 Å². The van der Waals surface area contributed by atoms with Crippen molar-refractivity contribution in [3.05, 3.63) is 57.3 Å². The lowest BCUT2D eigenvalue weighted by Crippen LogP contribution is -2.47. The Labute approximate surface area is 192 Å². The molecule has 1 amide bonds. The van der Waals surface area contributed by atoms with Crippen molar-refractivity contribution in [3.63, 3.8) is 0 Å². The molecule has 0 aromatic carbocycles. The number of likely N-dealkylation sites (N-methyl/N-ethyl adjacent to an activating group) is 1. The number of nitrogens with one attached hydrogen (secondary N) is 2. The molecule has 0 aliphatic carbocycles. The first-order valence-corrected chi connectivity index (χ1v) is 11.2. The molecule has 2 aliphatic heterocycles. The SMILES string of the molecule is CC1=N/C(=C\c2ccc(Br)ccc[nH]c2O)C(C)=C1C(=O)NCCN1CCN(C)CC1. The molecule has 0 radical (unpaired) electrons. The second-order valence-corrected chi connectivity index (χ2v) is 8.74. The molecule has 1 saturated heterocycles. The number of rotatable bonds is 5. The first-order valence-electron chi connectivity index (χ1n) is 10.4. The van der Waals surface area contributed by atoms with Gasteiger partial charge in [-0.25, -0.2) is 0 Å². The number of aromatic hydroxyl groups is 1. The number of carbonyl (C=O) groups excluding carboxylic acids is 1. The van der Waals surface area contributed by atoms with E-state index in [0.29, 0.717) is 29.1 Å². The van der Waals surface area contributed by atoms with Crippen LogP contribution in [0.5, 0.6) is 5.88 Å². The normalized spacial score (nSPS) is 18.8. The van der Waals surface area contributed by atoms with Crippen molar-refractivity contribution in [3.8, 4) is 5.88 Å². The molecule has 0 bridgehead atoms. The Hall–Kier alpha value is -2.42. The molecule has 2 aliphatic rings. The van der Waals surface area contributed by atoms with Crippen LogP contribution in [0, 0.1) is 0 Å². The smallest absolute Gasteiger partial charge is 0.253 e. The molecule has 3 N–H and O–H groups in total. The Balaban J connectivity index is 1.73. The number of aromatic amines is 1. The van der Waals surface area contributed by atoms with E-state index in [-0.39, 0.29) is 11.8 Å². The Morgan fingerprint density at radius 1 is 1.26 bits per heavy atom. The van der Waals surface area contributed by atoms with Crippen molar-refractivity contribution in [1.29, 1.82) is 0 Å². The highest BCUT2D eigenvalue weighted by Gasteiger charge is 2.24. The number of nitrogens with zero attached hydrogens (tertiary/aromatic N) is 3. The number of halogens is 1. The van der Waals surface area contributed by atoms with E-state index in [0.717, 1.165) is 42.8 Å². The molecule has 8 heteroatoms. The molecule has 166 valence electrons. The van der Waals surface area contributed by atoms with Crippen LogP contribution < -0.4 is 5.32 Å². The molecule has 1 aromatic rings. The summed E-state index contributed by atoms with van der Waals surface area (Å²) in [5.41, 5.74) is 3.32. The number of hydrogen-bond acceptors (Lipinski definition) is 5.